The van der Waals surface area contributed by atoms with Gasteiger partial charge < -0.3 is 20.4 Å². The van der Waals surface area contributed by atoms with Gasteiger partial charge in [0, 0.05) is 27.2 Å². The number of anilines is 3. The van der Waals surface area contributed by atoms with Crippen molar-refractivity contribution >= 4 is 34.5 Å². The Labute approximate surface area is 218 Å². The maximum atomic E-state index is 12.9. The van der Waals surface area contributed by atoms with E-state index in [4.69, 9.17) is 5.10 Å². The Balaban J connectivity index is 1.20. The second-order valence-electron chi connectivity index (χ2n) is 10.9. The van der Waals surface area contributed by atoms with E-state index < -0.39 is 0 Å². The summed E-state index contributed by atoms with van der Waals surface area (Å²) in [6, 6.07) is 6.02. The van der Waals surface area contributed by atoms with E-state index >= 15 is 0 Å². The molecule has 3 aromatic rings. The zero-order valence-electron chi connectivity index (χ0n) is 21.8. The molecule has 0 unspecified atom stereocenters. The third-order valence-corrected chi connectivity index (χ3v) is 8.34. The number of aromatic nitrogens is 4. The molecular formula is C28H36N8O. The van der Waals surface area contributed by atoms with E-state index in [0.29, 0.717) is 22.7 Å². The van der Waals surface area contributed by atoms with Gasteiger partial charge in [-0.1, -0.05) is 6.08 Å². The number of fused-ring (bicyclic) bond motifs is 1. The number of hydrogen-bond acceptors (Lipinski definition) is 7. The zero-order chi connectivity index (χ0) is 25.4. The van der Waals surface area contributed by atoms with Crippen LogP contribution in [0, 0.1) is 5.41 Å². The van der Waals surface area contributed by atoms with Crippen LogP contribution in [0.4, 0.5) is 17.5 Å². The van der Waals surface area contributed by atoms with Crippen LogP contribution in [0.1, 0.15) is 61.0 Å². The number of carbonyl (C=O) groups is 1. The minimum atomic E-state index is -0.0242. The highest BCUT2D eigenvalue weighted by molar-refractivity contribution is 6.00. The number of allylic oxidation sites excluding steroid dienone is 2. The first kappa shape index (κ1) is 23.9. The first-order valence-corrected chi connectivity index (χ1v) is 13.5. The van der Waals surface area contributed by atoms with Crippen LogP contribution in [-0.4, -0.2) is 70.7 Å². The van der Waals surface area contributed by atoms with Crippen LogP contribution >= 0.6 is 0 Å². The number of pyridine rings is 1. The summed E-state index contributed by atoms with van der Waals surface area (Å²) >= 11 is 0. The lowest BCUT2D eigenvalue weighted by atomic mass is 9.71. The summed E-state index contributed by atoms with van der Waals surface area (Å²) < 4.78 is 1.85. The molecule has 0 atom stereocenters. The normalized spacial score (nSPS) is 19.3. The maximum absolute atomic E-state index is 12.9. The van der Waals surface area contributed by atoms with Gasteiger partial charge in [0.25, 0.3) is 5.91 Å². The van der Waals surface area contributed by atoms with Crippen LogP contribution in [0.5, 0.6) is 0 Å². The first-order valence-electron chi connectivity index (χ1n) is 13.5. The molecule has 9 nitrogen and oxygen atoms in total. The van der Waals surface area contributed by atoms with Crippen LogP contribution in [0.25, 0.3) is 11.1 Å². The Bertz CT molecular complexity index is 1310. The van der Waals surface area contributed by atoms with Gasteiger partial charge >= 0.3 is 0 Å². The SMILES string of the molecule is CN(C)C(=O)c1cc2cnc(Nc3ccc(N4CCC5(CCNCC5)CC4)cn3)nn2c1C1=CCCC1. The van der Waals surface area contributed by atoms with Crippen molar-refractivity contribution in [2.45, 2.75) is 44.9 Å². The highest BCUT2D eigenvalue weighted by atomic mass is 16.2. The molecule has 0 radical (unpaired) electrons. The highest BCUT2D eigenvalue weighted by Gasteiger charge is 2.35. The quantitative estimate of drug-likeness (QED) is 0.545. The van der Waals surface area contributed by atoms with Gasteiger partial charge in [-0.3, -0.25) is 4.79 Å². The summed E-state index contributed by atoms with van der Waals surface area (Å²) in [5, 5.41) is 11.5. The van der Waals surface area contributed by atoms with Crippen molar-refractivity contribution in [2.75, 3.05) is 50.5 Å². The topological polar surface area (TPSA) is 90.7 Å². The second-order valence-corrected chi connectivity index (χ2v) is 10.9. The van der Waals surface area contributed by atoms with Crippen molar-refractivity contribution in [1.82, 2.24) is 29.8 Å². The molecule has 194 valence electrons. The third-order valence-electron chi connectivity index (χ3n) is 8.34. The minimum Gasteiger partial charge on any atom is -0.370 e. The van der Waals surface area contributed by atoms with E-state index in [1.165, 1.54) is 36.9 Å². The predicted octanol–water partition coefficient (Wildman–Crippen LogP) is 4.11. The molecule has 6 rings (SSSR count). The van der Waals surface area contributed by atoms with E-state index in [0.717, 1.165) is 56.7 Å². The molecule has 3 aliphatic rings. The molecule has 3 aromatic heterocycles. The summed E-state index contributed by atoms with van der Waals surface area (Å²) in [5.74, 6) is 1.13. The fourth-order valence-electron chi connectivity index (χ4n) is 6.08. The number of nitrogens with one attached hydrogen (secondary N) is 2. The summed E-state index contributed by atoms with van der Waals surface area (Å²) in [4.78, 5) is 26.2. The van der Waals surface area contributed by atoms with Crippen LogP contribution in [0.15, 0.2) is 36.7 Å². The molecule has 2 N–H and O–H groups in total. The molecule has 0 bridgehead atoms. The predicted molar refractivity (Wildman–Crippen MR) is 146 cm³/mol. The minimum absolute atomic E-state index is 0.0242. The number of nitrogens with zero attached hydrogens (tertiary/aromatic N) is 6. The lowest BCUT2D eigenvalue weighted by Gasteiger charge is -2.45. The molecule has 1 aliphatic carbocycles. The summed E-state index contributed by atoms with van der Waals surface area (Å²) in [7, 11) is 3.56. The van der Waals surface area contributed by atoms with Gasteiger partial charge in [-0.05, 0) is 87.2 Å². The zero-order valence-corrected chi connectivity index (χ0v) is 21.8. The van der Waals surface area contributed by atoms with Crippen LogP contribution in [0.2, 0.25) is 0 Å². The van der Waals surface area contributed by atoms with Crippen molar-refractivity contribution < 1.29 is 4.79 Å². The molecular weight excluding hydrogens is 464 g/mol. The van der Waals surface area contributed by atoms with Gasteiger partial charge in [-0.2, -0.15) is 0 Å². The first-order chi connectivity index (χ1) is 18.0. The summed E-state index contributed by atoms with van der Waals surface area (Å²) in [5.41, 5.74) is 5.22. The van der Waals surface area contributed by atoms with Crippen LogP contribution < -0.4 is 15.5 Å². The van der Waals surface area contributed by atoms with E-state index in [-0.39, 0.29) is 5.91 Å². The summed E-state index contributed by atoms with van der Waals surface area (Å²) in [6.07, 6.45) is 14.1. The highest BCUT2D eigenvalue weighted by Crippen LogP contribution is 2.40. The molecule has 2 fully saturated rings. The Hall–Kier alpha value is -3.46. The molecule has 1 spiro atoms. The van der Waals surface area contributed by atoms with Crippen molar-refractivity contribution in [3.8, 4) is 0 Å². The number of piperidine rings is 2. The lowest BCUT2D eigenvalue weighted by Crippen LogP contribution is -2.45. The monoisotopic (exact) mass is 500 g/mol. The number of carbonyl (C=O) groups excluding carboxylic acids is 1. The number of hydrogen-bond donors (Lipinski definition) is 2. The van der Waals surface area contributed by atoms with E-state index in [1.807, 2.05) is 22.8 Å². The van der Waals surface area contributed by atoms with Crippen molar-refractivity contribution in [3.05, 3.63) is 47.9 Å². The smallest absolute Gasteiger partial charge is 0.255 e. The Morgan fingerprint density at radius 2 is 1.89 bits per heavy atom. The standard InChI is InChI=1S/C28H36N8O/c1-34(2)26(37)23-17-22-19-31-27(33-36(22)25(23)20-5-3-4-6-20)32-24-8-7-21(18-30-24)35-15-11-28(12-16-35)9-13-29-14-10-28/h5,7-8,17-19,29H,3-4,6,9-16H2,1-2H3,(H,30,32,33). The van der Waals surface area contributed by atoms with Gasteiger partial charge in [0.1, 0.15) is 5.82 Å². The van der Waals surface area contributed by atoms with E-state index in [9.17, 15) is 4.79 Å². The van der Waals surface area contributed by atoms with Gasteiger partial charge in [-0.25, -0.2) is 14.5 Å². The molecule has 9 heteroatoms. The maximum Gasteiger partial charge on any atom is 0.255 e. The van der Waals surface area contributed by atoms with E-state index in [1.54, 1.807) is 25.2 Å². The number of rotatable bonds is 5. The third kappa shape index (κ3) is 4.68. The lowest BCUT2D eigenvalue weighted by molar-refractivity contribution is 0.0827. The Morgan fingerprint density at radius 1 is 1.08 bits per heavy atom. The van der Waals surface area contributed by atoms with Crippen molar-refractivity contribution in [1.29, 1.82) is 0 Å². The van der Waals surface area contributed by atoms with Gasteiger partial charge in [0.05, 0.1) is 34.9 Å². The van der Waals surface area contributed by atoms with Crippen LogP contribution in [0.3, 0.4) is 0 Å². The average molecular weight is 501 g/mol. The molecule has 2 aliphatic heterocycles. The van der Waals surface area contributed by atoms with Gasteiger partial charge in [0.2, 0.25) is 5.95 Å². The molecule has 5 heterocycles. The van der Waals surface area contributed by atoms with Gasteiger partial charge in [0.15, 0.2) is 0 Å². The molecule has 37 heavy (non-hydrogen) atoms. The number of amides is 1. The molecule has 0 aromatic carbocycles. The molecule has 2 saturated heterocycles. The van der Waals surface area contributed by atoms with Crippen molar-refractivity contribution in [2.24, 2.45) is 5.41 Å². The Morgan fingerprint density at radius 3 is 2.57 bits per heavy atom. The second kappa shape index (κ2) is 9.78. The Kier molecular flexibility index (Phi) is 6.32. The fraction of sp³-hybridized carbons (Fsp3) is 0.500. The van der Waals surface area contributed by atoms with Crippen molar-refractivity contribution in [3.63, 3.8) is 0 Å². The largest absolute Gasteiger partial charge is 0.370 e. The van der Waals surface area contributed by atoms with Gasteiger partial charge in [-0.15, -0.1) is 5.10 Å². The van der Waals surface area contributed by atoms with Crippen LogP contribution in [-0.2, 0) is 0 Å². The average Bonchev–Trinajstić information content (AvgIpc) is 3.57. The molecule has 0 saturated carbocycles. The van der Waals surface area contributed by atoms with E-state index in [2.05, 4.69) is 37.6 Å². The fourth-order valence-corrected chi connectivity index (χ4v) is 6.08. The molecule has 1 amide bonds. The summed E-state index contributed by atoms with van der Waals surface area (Å²) in [6.45, 7) is 4.50.